The fourth-order valence-corrected chi connectivity index (χ4v) is 4.00. The number of hydrogen-bond acceptors (Lipinski definition) is 4. The molecule has 0 saturated carbocycles. The Morgan fingerprint density at radius 3 is 2.57 bits per heavy atom. The maximum atomic E-state index is 12.2. The molecule has 2 heterocycles. The molecular weight excluding hydrogens is 314 g/mol. The van der Waals surface area contributed by atoms with Crippen molar-refractivity contribution in [2.24, 2.45) is 0 Å². The van der Waals surface area contributed by atoms with Crippen molar-refractivity contribution in [3.63, 3.8) is 0 Å². The third-order valence-electron chi connectivity index (χ3n) is 3.81. The minimum atomic E-state index is -3.29. The number of nitrogens with zero attached hydrogens (tertiary/aromatic N) is 1. The van der Waals surface area contributed by atoms with Crippen molar-refractivity contribution in [1.82, 2.24) is 4.90 Å². The predicted molar refractivity (Wildman–Crippen MR) is 87.2 cm³/mol. The molecule has 120 valence electrons. The van der Waals surface area contributed by atoms with Gasteiger partial charge in [-0.25, -0.2) is 8.42 Å². The summed E-state index contributed by atoms with van der Waals surface area (Å²) < 4.78 is 29.5. The smallest absolute Gasteiger partial charge is 0.246 e. The van der Waals surface area contributed by atoms with Gasteiger partial charge in [-0.05, 0) is 23.8 Å². The topological polar surface area (TPSA) is 67.6 Å². The van der Waals surface area contributed by atoms with E-state index in [0.29, 0.717) is 5.76 Å². The molecule has 6 heteroatoms. The van der Waals surface area contributed by atoms with Gasteiger partial charge in [0.1, 0.15) is 11.5 Å². The highest BCUT2D eigenvalue weighted by Crippen LogP contribution is 2.21. The normalized spacial score (nSPS) is 15.7. The van der Waals surface area contributed by atoms with E-state index in [0.717, 1.165) is 5.56 Å². The van der Waals surface area contributed by atoms with Crippen molar-refractivity contribution < 1.29 is 17.6 Å². The van der Waals surface area contributed by atoms with Gasteiger partial charge in [0.25, 0.3) is 0 Å². The summed E-state index contributed by atoms with van der Waals surface area (Å²) in [6, 6.07) is 12.8. The molecule has 0 unspecified atom stereocenters. The second-order valence-electron chi connectivity index (χ2n) is 5.50. The van der Waals surface area contributed by atoms with Gasteiger partial charge in [-0.1, -0.05) is 30.3 Å². The molecule has 23 heavy (non-hydrogen) atoms. The average molecular weight is 331 g/mol. The molecule has 1 aliphatic rings. The van der Waals surface area contributed by atoms with E-state index in [1.54, 1.807) is 18.2 Å². The van der Waals surface area contributed by atoms with Crippen LogP contribution in [-0.2, 0) is 20.4 Å². The third kappa shape index (κ3) is 3.71. The highest BCUT2D eigenvalue weighted by atomic mass is 32.2. The van der Waals surface area contributed by atoms with Crippen LogP contribution < -0.4 is 0 Å². The van der Waals surface area contributed by atoms with Gasteiger partial charge in [-0.15, -0.1) is 0 Å². The summed E-state index contributed by atoms with van der Waals surface area (Å²) >= 11 is 0. The van der Waals surface area contributed by atoms with E-state index in [9.17, 15) is 13.2 Å². The van der Waals surface area contributed by atoms with Gasteiger partial charge in [0.15, 0.2) is 9.84 Å². The maximum absolute atomic E-state index is 12.2. The summed E-state index contributed by atoms with van der Waals surface area (Å²) in [7, 11) is -3.29. The number of sulfone groups is 1. The molecule has 1 aliphatic heterocycles. The van der Waals surface area contributed by atoms with E-state index in [1.165, 1.54) is 17.2 Å². The van der Waals surface area contributed by atoms with Gasteiger partial charge < -0.3 is 9.32 Å². The van der Waals surface area contributed by atoms with Gasteiger partial charge in [-0.3, -0.25) is 4.79 Å². The standard InChI is InChI=1S/C17H17NO4S/c19-17(9-8-14-5-2-1-3-6-14)18-11-16(12-18)23(20,21)13-15-7-4-10-22-15/h1-10,16H,11-13H2/b9-8+. The summed E-state index contributed by atoms with van der Waals surface area (Å²) in [5, 5.41) is -0.512. The van der Waals surface area contributed by atoms with Gasteiger partial charge in [0, 0.05) is 19.2 Å². The fraction of sp³-hybridized carbons (Fsp3) is 0.235. The van der Waals surface area contributed by atoms with Crippen molar-refractivity contribution in [2.45, 2.75) is 11.0 Å². The van der Waals surface area contributed by atoms with Gasteiger partial charge in [0.2, 0.25) is 5.91 Å². The Morgan fingerprint density at radius 1 is 1.17 bits per heavy atom. The van der Waals surface area contributed by atoms with Crippen LogP contribution in [0.4, 0.5) is 0 Å². The minimum absolute atomic E-state index is 0.119. The molecule has 0 N–H and O–H groups in total. The van der Waals surface area contributed by atoms with Crippen LogP contribution in [0.1, 0.15) is 11.3 Å². The van der Waals surface area contributed by atoms with Crippen LogP contribution in [0, 0.1) is 0 Å². The van der Waals surface area contributed by atoms with Crippen LogP contribution in [-0.4, -0.2) is 37.6 Å². The summed E-state index contributed by atoms with van der Waals surface area (Å²) in [6.07, 6.45) is 4.66. The zero-order valence-corrected chi connectivity index (χ0v) is 13.3. The summed E-state index contributed by atoms with van der Waals surface area (Å²) in [4.78, 5) is 13.5. The summed E-state index contributed by atoms with van der Waals surface area (Å²) in [5.41, 5.74) is 0.934. The first-order valence-corrected chi connectivity index (χ1v) is 9.02. The number of hydrogen-bond donors (Lipinski definition) is 0. The van der Waals surface area contributed by atoms with Crippen LogP contribution in [0.5, 0.6) is 0 Å². The maximum Gasteiger partial charge on any atom is 0.246 e. The molecule has 5 nitrogen and oxygen atoms in total. The third-order valence-corrected chi connectivity index (χ3v) is 5.81. The first-order chi connectivity index (χ1) is 11.0. The molecule has 0 atom stereocenters. The molecule has 0 aliphatic carbocycles. The van der Waals surface area contributed by atoms with Crippen molar-refractivity contribution in [3.05, 3.63) is 66.1 Å². The Bertz CT molecular complexity index is 788. The Kier molecular flexibility index (Phi) is 4.34. The molecule has 0 spiro atoms. The van der Waals surface area contributed by atoms with E-state index >= 15 is 0 Å². The number of furan rings is 1. The predicted octanol–water partition coefficient (Wildman–Crippen LogP) is 2.12. The molecular formula is C17H17NO4S. The lowest BCUT2D eigenvalue weighted by Crippen LogP contribution is -2.56. The number of carbonyl (C=O) groups excluding carboxylic acids is 1. The Hall–Kier alpha value is -2.34. The van der Waals surface area contributed by atoms with Crippen molar-refractivity contribution >= 4 is 21.8 Å². The minimum Gasteiger partial charge on any atom is -0.468 e. The lowest BCUT2D eigenvalue weighted by Gasteiger charge is -2.37. The van der Waals surface area contributed by atoms with Crippen LogP contribution in [0.2, 0.25) is 0 Å². The zero-order chi connectivity index (χ0) is 16.3. The van der Waals surface area contributed by atoms with E-state index in [4.69, 9.17) is 4.42 Å². The van der Waals surface area contributed by atoms with E-state index in [-0.39, 0.29) is 24.7 Å². The first kappa shape index (κ1) is 15.6. The highest BCUT2D eigenvalue weighted by Gasteiger charge is 2.39. The highest BCUT2D eigenvalue weighted by molar-refractivity contribution is 7.91. The second-order valence-corrected chi connectivity index (χ2v) is 7.78. The first-order valence-electron chi connectivity index (χ1n) is 7.30. The number of rotatable bonds is 5. The molecule has 1 amide bonds. The van der Waals surface area contributed by atoms with Crippen LogP contribution in [0.15, 0.2) is 59.2 Å². The van der Waals surface area contributed by atoms with E-state index in [2.05, 4.69) is 0 Å². The lowest BCUT2D eigenvalue weighted by atomic mass is 10.2. The quantitative estimate of drug-likeness (QED) is 0.787. The van der Waals surface area contributed by atoms with E-state index in [1.807, 2.05) is 30.3 Å². The average Bonchev–Trinajstić information content (AvgIpc) is 2.96. The molecule has 1 fully saturated rings. The van der Waals surface area contributed by atoms with Gasteiger partial charge >= 0.3 is 0 Å². The Balaban J connectivity index is 1.54. The molecule has 0 bridgehead atoms. The SMILES string of the molecule is O=C(/C=C/c1ccccc1)N1CC(S(=O)(=O)Cc2ccco2)C1. The Morgan fingerprint density at radius 2 is 1.91 bits per heavy atom. The largest absolute Gasteiger partial charge is 0.468 e. The second kappa shape index (κ2) is 6.42. The number of carbonyl (C=O) groups is 1. The Labute approximate surface area is 135 Å². The number of likely N-dealkylation sites (tertiary alicyclic amines) is 1. The van der Waals surface area contributed by atoms with E-state index < -0.39 is 15.1 Å². The van der Waals surface area contributed by atoms with Crippen LogP contribution >= 0.6 is 0 Å². The molecule has 1 saturated heterocycles. The van der Waals surface area contributed by atoms with Crippen molar-refractivity contribution in [3.8, 4) is 0 Å². The molecule has 1 aromatic carbocycles. The summed E-state index contributed by atoms with van der Waals surface area (Å²) in [5.74, 6) is 0.143. The molecule has 1 aromatic heterocycles. The van der Waals surface area contributed by atoms with Crippen LogP contribution in [0.25, 0.3) is 6.08 Å². The van der Waals surface area contributed by atoms with Gasteiger partial charge in [0.05, 0.1) is 11.5 Å². The number of benzene rings is 1. The molecule has 0 radical (unpaired) electrons. The monoisotopic (exact) mass is 331 g/mol. The molecule has 3 rings (SSSR count). The number of amides is 1. The lowest BCUT2D eigenvalue weighted by molar-refractivity contribution is -0.128. The zero-order valence-electron chi connectivity index (χ0n) is 12.5. The van der Waals surface area contributed by atoms with Crippen LogP contribution in [0.3, 0.4) is 0 Å². The summed E-state index contributed by atoms with van der Waals surface area (Å²) in [6.45, 7) is 0.474. The van der Waals surface area contributed by atoms with Crippen molar-refractivity contribution in [2.75, 3.05) is 13.1 Å². The fourth-order valence-electron chi connectivity index (χ4n) is 2.39. The van der Waals surface area contributed by atoms with Gasteiger partial charge in [-0.2, -0.15) is 0 Å². The van der Waals surface area contributed by atoms with Crippen molar-refractivity contribution in [1.29, 1.82) is 0 Å². The molecule has 2 aromatic rings.